The molecular weight excluding hydrogens is 929 g/mol. The van der Waals surface area contributed by atoms with Gasteiger partial charge in [-0.05, 0) is 81.5 Å². The maximum Gasteiger partial charge on any atom is 0.342 e. The molecule has 2 aromatic carbocycles. The van der Waals surface area contributed by atoms with Crippen LogP contribution in [0.3, 0.4) is 0 Å². The third-order valence-electron chi connectivity index (χ3n) is 11.8. The van der Waals surface area contributed by atoms with E-state index in [1.54, 1.807) is 116 Å². The summed E-state index contributed by atoms with van der Waals surface area (Å²) < 4.78 is 11.7. The number of rotatable bonds is 5. The fourth-order valence-corrected chi connectivity index (χ4v) is 8.13. The van der Waals surface area contributed by atoms with Crippen molar-refractivity contribution in [1.82, 2.24) is 0 Å². The summed E-state index contributed by atoms with van der Waals surface area (Å²) in [6.45, 7) is 9.46. The van der Waals surface area contributed by atoms with E-state index in [-0.39, 0.29) is 73.5 Å². The number of hydrogen-bond acceptors (Lipinski definition) is 13. The standard InChI is InChI=1S/C60H80O13/c1-6-46(61)38-54-40-50(65)30-20-28-48(63)37-52(67)35-43(5)21-13-9-7-11-15-23-44-25-17-31-55(68)57(44)59(70)72-53(33-41(2)3)39-49(64)29-19-27-47(62)36-51(66)34-42(4)22-14-10-8-12-16-24-45-26-18-32-56(69)58(45)60(71)73-54/h7-28,31-32,41,46-54,61-69H,6,29-30,33-40H2,1-5H3/t46?,47-,48-,49?,50?,51+,52+,53?,54?/m1/s1. The van der Waals surface area contributed by atoms with Crippen molar-refractivity contribution in [3.63, 3.8) is 0 Å². The van der Waals surface area contributed by atoms with Gasteiger partial charge in [-0.2, -0.15) is 0 Å². The van der Waals surface area contributed by atoms with Gasteiger partial charge in [0.1, 0.15) is 34.8 Å². The van der Waals surface area contributed by atoms with E-state index in [2.05, 4.69) is 0 Å². The van der Waals surface area contributed by atoms with Crippen molar-refractivity contribution in [2.75, 3.05) is 0 Å². The van der Waals surface area contributed by atoms with Gasteiger partial charge in [0.25, 0.3) is 0 Å². The first kappa shape index (κ1) is 61.4. The second-order valence-electron chi connectivity index (χ2n) is 19.2. The summed E-state index contributed by atoms with van der Waals surface area (Å²) in [5, 5.41) is 96.5. The number of cyclic esters (lactones) is 2. The molecule has 0 saturated carbocycles. The van der Waals surface area contributed by atoms with Crippen molar-refractivity contribution in [3.05, 3.63) is 167 Å². The molecule has 5 unspecified atom stereocenters. The number of phenolic OH excluding ortho intramolecular Hbond substituents is 2. The van der Waals surface area contributed by atoms with Gasteiger partial charge >= 0.3 is 11.9 Å². The number of aliphatic hydroxyl groups is 7. The van der Waals surface area contributed by atoms with E-state index in [0.717, 1.165) is 11.1 Å². The van der Waals surface area contributed by atoms with Gasteiger partial charge < -0.3 is 55.4 Å². The number of phenols is 2. The lowest BCUT2D eigenvalue weighted by Gasteiger charge is -2.23. The average molecular weight is 1010 g/mol. The largest absolute Gasteiger partial charge is 0.507 e. The van der Waals surface area contributed by atoms with Gasteiger partial charge in [0.15, 0.2) is 0 Å². The number of esters is 2. The molecule has 0 radical (unpaired) electrons. The fraction of sp³-hybridized carbons (Fsp3) is 0.433. The Balaban J connectivity index is 1.83. The minimum absolute atomic E-state index is 0.00375. The van der Waals surface area contributed by atoms with Crippen molar-refractivity contribution in [3.8, 4) is 11.5 Å². The molecule has 0 aromatic heterocycles. The normalized spacial score (nSPS) is 25.2. The summed E-state index contributed by atoms with van der Waals surface area (Å²) >= 11 is 0. The zero-order valence-electron chi connectivity index (χ0n) is 43.1. The molecule has 73 heavy (non-hydrogen) atoms. The summed E-state index contributed by atoms with van der Waals surface area (Å²) in [6, 6.07) is 9.32. The lowest BCUT2D eigenvalue weighted by molar-refractivity contribution is -0.00293. The smallest absolute Gasteiger partial charge is 0.342 e. The van der Waals surface area contributed by atoms with E-state index < -0.39 is 66.9 Å². The Morgan fingerprint density at radius 3 is 1.36 bits per heavy atom. The number of carbonyl (C=O) groups excluding carboxylic acids is 2. The molecule has 3 rings (SSSR count). The number of allylic oxidation sites excluding steroid dienone is 12. The van der Waals surface area contributed by atoms with Crippen molar-refractivity contribution in [2.24, 2.45) is 5.92 Å². The number of aliphatic hydroxyl groups excluding tert-OH is 7. The summed E-state index contributed by atoms with van der Waals surface area (Å²) in [7, 11) is 0. The molecule has 13 nitrogen and oxygen atoms in total. The Hall–Kier alpha value is -5.90. The van der Waals surface area contributed by atoms with Gasteiger partial charge in [0.05, 0.1) is 42.7 Å². The molecular formula is C60H80O13. The first-order valence-corrected chi connectivity index (χ1v) is 25.3. The fourth-order valence-electron chi connectivity index (χ4n) is 8.13. The summed E-state index contributed by atoms with van der Waals surface area (Å²) in [6.07, 6.45) is 24.9. The molecule has 398 valence electrons. The second kappa shape index (κ2) is 33.8. The maximum absolute atomic E-state index is 13.6. The topological polar surface area (TPSA) is 235 Å². The SMILES string of the molecule is CCC(O)CC1CC(O)CC=C[C@@H](O)C[C@@H](O)CC(C)=CC=CC=CC=Cc2cccc(O)c2C(=O)OC(CC(C)C)CC(O)CC=C[C@@H](O)C[C@@H](O)CC(C)=CC=CC=CC=Cc2cccc(O)c2C(=O)O1. The minimum Gasteiger partial charge on any atom is -0.507 e. The third-order valence-corrected chi connectivity index (χ3v) is 11.8. The molecule has 0 fully saturated rings. The molecule has 1 heterocycles. The molecule has 9 atom stereocenters. The van der Waals surface area contributed by atoms with Crippen molar-refractivity contribution >= 4 is 24.1 Å². The van der Waals surface area contributed by atoms with Crippen LogP contribution in [0.15, 0.2) is 145 Å². The van der Waals surface area contributed by atoms with Gasteiger partial charge in [0.2, 0.25) is 0 Å². The van der Waals surface area contributed by atoms with Crippen LogP contribution in [0.25, 0.3) is 12.2 Å². The number of benzene rings is 2. The Bertz CT molecular complexity index is 2310. The molecule has 9 N–H and O–H groups in total. The van der Waals surface area contributed by atoms with Gasteiger partial charge in [0, 0.05) is 32.1 Å². The number of hydrogen-bond donors (Lipinski definition) is 9. The highest BCUT2D eigenvalue weighted by atomic mass is 16.5. The van der Waals surface area contributed by atoms with Crippen LogP contribution in [0.5, 0.6) is 11.5 Å². The third kappa shape index (κ3) is 25.1. The lowest BCUT2D eigenvalue weighted by atomic mass is 9.98. The van der Waals surface area contributed by atoms with Gasteiger partial charge in [-0.1, -0.05) is 166 Å². The van der Waals surface area contributed by atoms with Crippen LogP contribution < -0.4 is 0 Å². The Morgan fingerprint density at radius 1 is 0.548 bits per heavy atom. The van der Waals surface area contributed by atoms with E-state index in [1.165, 1.54) is 24.3 Å². The predicted octanol–water partition coefficient (Wildman–Crippen LogP) is 9.61. The molecule has 0 bridgehead atoms. The molecule has 2 aromatic rings. The Morgan fingerprint density at radius 2 is 0.945 bits per heavy atom. The first-order chi connectivity index (χ1) is 34.8. The van der Waals surface area contributed by atoms with Crippen LogP contribution >= 0.6 is 0 Å². The Labute approximate surface area is 432 Å². The van der Waals surface area contributed by atoms with E-state index in [9.17, 15) is 55.5 Å². The van der Waals surface area contributed by atoms with E-state index in [1.807, 2.05) is 39.8 Å². The number of carbonyl (C=O) groups is 2. The summed E-state index contributed by atoms with van der Waals surface area (Å²) in [5.41, 5.74) is 2.48. The molecule has 0 amide bonds. The quantitative estimate of drug-likeness (QED) is 0.100. The lowest BCUT2D eigenvalue weighted by Crippen LogP contribution is -2.28. The monoisotopic (exact) mass is 1010 g/mol. The van der Waals surface area contributed by atoms with Crippen molar-refractivity contribution in [2.45, 2.75) is 160 Å². The zero-order chi connectivity index (χ0) is 53.7. The first-order valence-electron chi connectivity index (χ1n) is 25.3. The van der Waals surface area contributed by atoms with Crippen LogP contribution in [-0.2, 0) is 9.47 Å². The molecule has 0 spiro atoms. The number of aromatic hydroxyl groups is 2. The van der Waals surface area contributed by atoms with Crippen LogP contribution in [0.4, 0.5) is 0 Å². The molecule has 0 saturated heterocycles. The van der Waals surface area contributed by atoms with Crippen molar-refractivity contribution in [1.29, 1.82) is 0 Å². The van der Waals surface area contributed by atoms with Gasteiger partial charge in [-0.3, -0.25) is 0 Å². The van der Waals surface area contributed by atoms with Crippen molar-refractivity contribution < 1.29 is 65.0 Å². The van der Waals surface area contributed by atoms with Crippen LogP contribution in [0.2, 0.25) is 0 Å². The molecule has 1 aliphatic heterocycles. The average Bonchev–Trinajstić information content (AvgIpc) is 3.30. The van der Waals surface area contributed by atoms with Crippen LogP contribution in [-0.4, -0.2) is 113 Å². The predicted molar refractivity (Wildman–Crippen MR) is 288 cm³/mol. The maximum atomic E-state index is 13.6. The summed E-state index contributed by atoms with van der Waals surface area (Å²) in [4.78, 5) is 27.1. The highest BCUT2D eigenvalue weighted by Gasteiger charge is 2.26. The molecule has 1 aliphatic rings. The van der Waals surface area contributed by atoms with Crippen LogP contribution in [0.1, 0.15) is 137 Å². The number of ether oxygens (including phenoxy) is 2. The van der Waals surface area contributed by atoms with E-state index in [0.29, 0.717) is 36.8 Å². The van der Waals surface area contributed by atoms with Gasteiger partial charge in [-0.15, -0.1) is 0 Å². The Kier molecular flexibility index (Phi) is 28.4. The summed E-state index contributed by atoms with van der Waals surface area (Å²) in [5.74, 6) is -1.95. The minimum atomic E-state index is -1.00. The highest BCUT2D eigenvalue weighted by Crippen LogP contribution is 2.28. The molecule has 0 aliphatic carbocycles. The van der Waals surface area contributed by atoms with E-state index in [4.69, 9.17) is 9.47 Å². The second-order valence-corrected chi connectivity index (χ2v) is 19.2. The van der Waals surface area contributed by atoms with E-state index >= 15 is 0 Å². The highest BCUT2D eigenvalue weighted by molar-refractivity contribution is 5.97. The van der Waals surface area contributed by atoms with Crippen LogP contribution in [0, 0.1) is 5.92 Å². The zero-order valence-corrected chi connectivity index (χ0v) is 43.1. The number of fused-ring (bicyclic) bond motifs is 2. The molecule has 13 heteroatoms. The van der Waals surface area contributed by atoms with Gasteiger partial charge in [-0.25, -0.2) is 9.59 Å².